The average Bonchev–Trinajstić information content (AvgIpc) is 3.07. The molecular weight excluding hydrogens is 220 g/mol. The van der Waals surface area contributed by atoms with Gasteiger partial charge in [0, 0.05) is 5.57 Å². The summed E-state index contributed by atoms with van der Waals surface area (Å²) in [6, 6.07) is 0. The van der Waals surface area contributed by atoms with Crippen LogP contribution < -0.4 is 0 Å². The fraction of sp³-hybridized carbons (Fsp3) is 0.500. The molecule has 1 fully saturated rings. The molecule has 0 saturated heterocycles. The van der Waals surface area contributed by atoms with Crippen molar-refractivity contribution in [3.8, 4) is 11.8 Å². The minimum absolute atomic E-state index is 0.393. The van der Waals surface area contributed by atoms with Crippen molar-refractivity contribution in [2.24, 2.45) is 11.8 Å². The predicted molar refractivity (Wildman–Crippen MR) is 51.9 cm³/mol. The summed E-state index contributed by atoms with van der Waals surface area (Å²) < 4.78 is 53.7. The Morgan fingerprint density at radius 2 is 1.69 bits per heavy atom. The van der Waals surface area contributed by atoms with Crippen LogP contribution in [-0.2, 0) is 0 Å². The molecule has 0 aliphatic heterocycles. The molecule has 4 heteroatoms. The van der Waals surface area contributed by atoms with Crippen molar-refractivity contribution in [2.75, 3.05) is 0 Å². The van der Waals surface area contributed by atoms with Crippen LogP contribution in [0.25, 0.3) is 0 Å². The van der Waals surface area contributed by atoms with E-state index in [0.29, 0.717) is 12.8 Å². The van der Waals surface area contributed by atoms with Crippen molar-refractivity contribution >= 4 is 0 Å². The Morgan fingerprint density at radius 3 is 2.25 bits per heavy atom. The molecule has 0 amide bonds. The van der Waals surface area contributed by atoms with Crippen LogP contribution in [0, 0.1) is 23.7 Å². The van der Waals surface area contributed by atoms with E-state index in [2.05, 4.69) is 5.92 Å². The summed E-state index contributed by atoms with van der Waals surface area (Å²) in [4.78, 5) is 0. The number of allylic oxidation sites excluding steroid dienone is 4. The molecule has 2 aliphatic rings. The lowest BCUT2D eigenvalue weighted by molar-refractivity contribution is 0.376. The van der Waals surface area contributed by atoms with E-state index in [-0.39, 0.29) is 0 Å². The third-order valence-corrected chi connectivity index (χ3v) is 2.72. The highest BCUT2D eigenvalue weighted by Gasteiger charge is 2.36. The maximum absolute atomic E-state index is 13.6. The first-order chi connectivity index (χ1) is 7.52. The summed E-state index contributed by atoms with van der Waals surface area (Å²) in [5.74, 6) is -0.940. The lowest BCUT2D eigenvalue weighted by Gasteiger charge is -2.12. The Balaban J connectivity index is 2.55. The van der Waals surface area contributed by atoms with Crippen molar-refractivity contribution in [1.82, 2.24) is 0 Å². The van der Waals surface area contributed by atoms with Crippen LogP contribution in [0.2, 0.25) is 0 Å². The van der Waals surface area contributed by atoms with Crippen molar-refractivity contribution < 1.29 is 17.6 Å². The first-order valence-corrected chi connectivity index (χ1v) is 5.12. The Hall–Kier alpha value is -1.24. The highest BCUT2D eigenvalue weighted by molar-refractivity contribution is 5.42. The van der Waals surface area contributed by atoms with Gasteiger partial charge in [0.2, 0.25) is 6.17 Å². The van der Waals surface area contributed by atoms with E-state index in [0.717, 1.165) is 0 Å². The zero-order valence-electron chi connectivity index (χ0n) is 8.66. The van der Waals surface area contributed by atoms with E-state index in [4.69, 9.17) is 0 Å². The van der Waals surface area contributed by atoms with Gasteiger partial charge in [-0.3, -0.25) is 0 Å². The zero-order valence-corrected chi connectivity index (χ0v) is 8.66. The van der Waals surface area contributed by atoms with Gasteiger partial charge in [-0.1, -0.05) is 11.8 Å². The molecule has 0 aromatic rings. The largest absolute Gasteiger partial charge is 0.225 e. The number of halogens is 4. The Bertz CT molecular complexity index is 432. The summed E-state index contributed by atoms with van der Waals surface area (Å²) in [6.45, 7) is 1.32. The smallest absolute Gasteiger partial charge is 0.212 e. The van der Waals surface area contributed by atoms with Gasteiger partial charge in [-0.2, -0.15) is 0 Å². The topological polar surface area (TPSA) is 0 Å². The second-order valence-corrected chi connectivity index (χ2v) is 4.07. The number of hydrogen-bond acceptors (Lipinski definition) is 0. The first-order valence-electron chi connectivity index (χ1n) is 5.12. The standard InChI is InChI=1S/C12H10F4/c1-6-2-5-8(13)11(15)9(7-3-4-7)12(16)10(6)14/h6-8H,3-4H2,1H3/b11-9+,12-10-. The monoisotopic (exact) mass is 230 g/mol. The molecule has 0 aromatic carbocycles. The molecule has 2 aliphatic carbocycles. The minimum Gasteiger partial charge on any atom is -0.225 e. The molecule has 2 atom stereocenters. The number of rotatable bonds is 1. The second-order valence-electron chi connectivity index (χ2n) is 4.07. The lowest BCUT2D eigenvalue weighted by atomic mass is 9.99. The zero-order chi connectivity index (χ0) is 11.9. The highest BCUT2D eigenvalue weighted by atomic mass is 19.2. The van der Waals surface area contributed by atoms with Gasteiger partial charge in [-0.05, 0) is 25.7 Å². The van der Waals surface area contributed by atoms with Gasteiger partial charge in [0.05, 0.1) is 5.92 Å². The third kappa shape index (κ3) is 1.87. The van der Waals surface area contributed by atoms with Crippen molar-refractivity contribution in [2.45, 2.75) is 25.9 Å². The summed E-state index contributed by atoms with van der Waals surface area (Å²) in [5, 5.41) is 0. The maximum atomic E-state index is 13.6. The van der Waals surface area contributed by atoms with Gasteiger partial charge >= 0.3 is 0 Å². The number of alkyl halides is 1. The quantitative estimate of drug-likeness (QED) is 0.475. The molecule has 86 valence electrons. The molecule has 2 unspecified atom stereocenters. The SMILES string of the molecule is CC1C#CC(F)/C(F)=C(C2CC2)\C(F)=C/1F. The molecule has 0 N–H and O–H groups in total. The van der Waals surface area contributed by atoms with Gasteiger partial charge in [0.25, 0.3) is 0 Å². The van der Waals surface area contributed by atoms with Gasteiger partial charge in [-0.25, -0.2) is 17.6 Å². The van der Waals surface area contributed by atoms with Gasteiger partial charge < -0.3 is 0 Å². The predicted octanol–water partition coefficient (Wildman–Crippen LogP) is 3.76. The molecule has 0 heterocycles. The van der Waals surface area contributed by atoms with Gasteiger partial charge in [0.15, 0.2) is 17.5 Å². The number of hydrogen-bond donors (Lipinski definition) is 0. The summed E-state index contributed by atoms with van der Waals surface area (Å²) in [7, 11) is 0. The molecule has 0 radical (unpaired) electrons. The van der Waals surface area contributed by atoms with Crippen LogP contribution >= 0.6 is 0 Å². The molecule has 2 rings (SSSR count). The van der Waals surface area contributed by atoms with Crippen molar-refractivity contribution in [1.29, 1.82) is 0 Å². The normalized spacial score (nSPS) is 39.8. The summed E-state index contributed by atoms with van der Waals surface area (Å²) in [6.07, 6.45) is -1.01. The average molecular weight is 230 g/mol. The van der Waals surface area contributed by atoms with Crippen LogP contribution in [0.3, 0.4) is 0 Å². The van der Waals surface area contributed by atoms with Crippen LogP contribution in [0.15, 0.2) is 23.1 Å². The van der Waals surface area contributed by atoms with Crippen LogP contribution in [-0.4, -0.2) is 6.17 Å². The fourth-order valence-corrected chi connectivity index (χ4v) is 1.63. The van der Waals surface area contributed by atoms with E-state index in [9.17, 15) is 17.6 Å². The second kappa shape index (κ2) is 3.97. The third-order valence-electron chi connectivity index (χ3n) is 2.72. The van der Waals surface area contributed by atoms with Crippen LogP contribution in [0.1, 0.15) is 19.8 Å². The maximum Gasteiger partial charge on any atom is 0.212 e. The molecule has 0 nitrogen and oxygen atoms in total. The minimum atomic E-state index is -2.14. The Kier molecular flexibility index (Phi) is 2.79. The van der Waals surface area contributed by atoms with Gasteiger partial charge in [-0.15, -0.1) is 0 Å². The molecular formula is C12H10F4. The highest BCUT2D eigenvalue weighted by Crippen LogP contribution is 2.45. The molecule has 0 aromatic heterocycles. The Morgan fingerprint density at radius 1 is 1.06 bits per heavy atom. The van der Waals surface area contributed by atoms with E-state index < -0.39 is 41.1 Å². The van der Waals surface area contributed by atoms with Gasteiger partial charge in [0.1, 0.15) is 0 Å². The van der Waals surface area contributed by atoms with E-state index in [1.807, 2.05) is 5.92 Å². The molecule has 0 spiro atoms. The first kappa shape index (κ1) is 11.3. The van der Waals surface area contributed by atoms with Crippen LogP contribution in [0.5, 0.6) is 0 Å². The Labute approximate surface area is 91.0 Å². The fourth-order valence-electron chi connectivity index (χ4n) is 1.63. The molecule has 0 bridgehead atoms. The summed E-state index contributed by atoms with van der Waals surface area (Å²) in [5.41, 5.74) is -0.453. The molecule has 1 saturated carbocycles. The lowest BCUT2D eigenvalue weighted by Crippen LogP contribution is -2.09. The van der Waals surface area contributed by atoms with Crippen molar-refractivity contribution in [3.05, 3.63) is 23.1 Å². The van der Waals surface area contributed by atoms with E-state index >= 15 is 0 Å². The molecule has 16 heavy (non-hydrogen) atoms. The van der Waals surface area contributed by atoms with Crippen molar-refractivity contribution in [3.63, 3.8) is 0 Å². The summed E-state index contributed by atoms with van der Waals surface area (Å²) >= 11 is 0. The van der Waals surface area contributed by atoms with Crippen LogP contribution in [0.4, 0.5) is 17.6 Å². The van der Waals surface area contributed by atoms with E-state index in [1.165, 1.54) is 6.92 Å². The van der Waals surface area contributed by atoms with E-state index in [1.54, 1.807) is 0 Å².